The van der Waals surface area contributed by atoms with Crippen LogP contribution in [0.2, 0.25) is 5.02 Å². The molecule has 7 heteroatoms. The van der Waals surface area contributed by atoms with Gasteiger partial charge >= 0.3 is 0 Å². The monoisotopic (exact) mass is 380 g/mol. The second kappa shape index (κ2) is 6.74. The van der Waals surface area contributed by atoms with E-state index >= 15 is 0 Å². The van der Waals surface area contributed by atoms with Crippen LogP contribution in [0.5, 0.6) is 0 Å². The molecule has 0 unspecified atom stereocenters. The highest BCUT2D eigenvalue weighted by atomic mass is 35.5. The van der Waals surface area contributed by atoms with E-state index in [1.165, 1.54) is 11.3 Å². The standard InChI is InChI=1S/C19H13ClN4OS/c20-11-4-3-5-12(10-11)23-18(25)17-16(21)13-7-8-15(24-19(13)26-17)14-6-1-2-9-22-14/h1-10H,21H2,(H,23,25). The van der Waals surface area contributed by atoms with Crippen LogP contribution in [0.1, 0.15) is 9.67 Å². The van der Waals surface area contributed by atoms with Gasteiger partial charge in [0.25, 0.3) is 5.91 Å². The Balaban J connectivity index is 1.69. The first-order valence-electron chi connectivity index (χ1n) is 7.79. The number of carbonyl (C=O) groups is 1. The Hall–Kier alpha value is -2.96. The molecule has 4 rings (SSSR count). The van der Waals surface area contributed by atoms with Crippen LogP contribution in [0.15, 0.2) is 60.8 Å². The van der Waals surface area contributed by atoms with Crippen LogP contribution in [0.25, 0.3) is 21.6 Å². The summed E-state index contributed by atoms with van der Waals surface area (Å²) in [5.74, 6) is -0.285. The fourth-order valence-corrected chi connectivity index (χ4v) is 3.76. The first kappa shape index (κ1) is 16.5. The summed E-state index contributed by atoms with van der Waals surface area (Å²) < 4.78 is 0. The first-order valence-corrected chi connectivity index (χ1v) is 8.98. The minimum Gasteiger partial charge on any atom is -0.397 e. The Kier molecular flexibility index (Phi) is 4.28. The zero-order chi connectivity index (χ0) is 18.1. The molecule has 0 aliphatic heterocycles. The number of thiophene rings is 1. The van der Waals surface area contributed by atoms with E-state index in [-0.39, 0.29) is 5.91 Å². The summed E-state index contributed by atoms with van der Waals surface area (Å²) in [6, 6.07) is 16.3. The summed E-state index contributed by atoms with van der Waals surface area (Å²) in [4.78, 5) is 22.6. The fourth-order valence-electron chi connectivity index (χ4n) is 2.58. The summed E-state index contributed by atoms with van der Waals surface area (Å²) in [6.07, 6.45) is 1.72. The number of nitrogens with two attached hydrogens (primary N) is 1. The number of fused-ring (bicyclic) bond motifs is 1. The Morgan fingerprint density at radius 2 is 1.96 bits per heavy atom. The Bertz CT molecular complexity index is 1110. The number of pyridine rings is 2. The molecule has 3 heterocycles. The maximum absolute atomic E-state index is 12.6. The average Bonchev–Trinajstić information content (AvgIpc) is 2.99. The highest BCUT2D eigenvalue weighted by molar-refractivity contribution is 7.21. The second-order valence-electron chi connectivity index (χ2n) is 5.57. The summed E-state index contributed by atoms with van der Waals surface area (Å²) in [6.45, 7) is 0. The molecule has 4 aromatic rings. The van der Waals surface area contributed by atoms with Gasteiger partial charge in [-0.3, -0.25) is 9.78 Å². The van der Waals surface area contributed by atoms with Gasteiger partial charge in [0, 0.05) is 22.3 Å². The molecule has 128 valence electrons. The van der Waals surface area contributed by atoms with Crippen LogP contribution in [0.4, 0.5) is 11.4 Å². The van der Waals surface area contributed by atoms with Crippen molar-refractivity contribution in [1.29, 1.82) is 0 Å². The molecule has 0 fully saturated rings. The van der Waals surface area contributed by atoms with E-state index in [1.54, 1.807) is 30.5 Å². The van der Waals surface area contributed by atoms with E-state index in [2.05, 4.69) is 15.3 Å². The lowest BCUT2D eigenvalue weighted by Crippen LogP contribution is -2.11. The molecule has 1 aromatic carbocycles. The first-order chi connectivity index (χ1) is 12.6. The quantitative estimate of drug-likeness (QED) is 0.532. The van der Waals surface area contributed by atoms with Crippen molar-refractivity contribution in [3.8, 4) is 11.4 Å². The normalized spacial score (nSPS) is 10.8. The number of benzene rings is 1. The van der Waals surface area contributed by atoms with Crippen molar-refractivity contribution in [2.75, 3.05) is 11.1 Å². The zero-order valence-electron chi connectivity index (χ0n) is 13.4. The Morgan fingerprint density at radius 1 is 1.08 bits per heavy atom. The Labute approximate surface area is 158 Å². The molecule has 26 heavy (non-hydrogen) atoms. The number of nitrogen functional groups attached to an aromatic ring is 1. The lowest BCUT2D eigenvalue weighted by Gasteiger charge is -2.04. The summed E-state index contributed by atoms with van der Waals surface area (Å²) in [7, 11) is 0. The van der Waals surface area contributed by atoms with E-state index in [0.717, 1.165) is 16.8 Å². The van der Waals surface area contributed by atoms with E-state index in [1.807, 2.05) is 30.3 Å². The number of nitrogens with one attached hydrogen (secondary N) is 1. The number of hydrogen-bond acceptors (Lipinski definition) is 5. The molecule has 0 aliphatic carbocycles. The van der Waals surface area contributed by atoms with Crippen molar-refractivity contribution in [2.45, 2.75) is 0 Å². The van der Waals surface area contributed by atoms with E-state index in [4.69, 9.17) is 17.3 Å². The molecule has 0 spiro atoms. The van der Waals surface area contributed by atoms with Gasteiger partial charge in [-0.15, -0.1) is 11.3 Å². The van der Waals surface area contributed by atoms with Crippen molar-refractivity contribution in [3.63, 3.8) is 0 Å². The number of halogens is 1. The predicted octanol–water partition coefficient (Wildman–Crippen LogP) is 4.85. The Morgan fingerprint density at radius 3 is 2.73 bits per heavy atom. The van der Waals surface area contributed by atoms with Crippen LogP contribution in [0.3, 0.4) is 0 Å². The molecule has 3 aromatic heterocycles. The molecule has 0 atom stereocenters. The largest absolute Gasteiger partial charge is 0.397 e. The van der Waals surface area contributed by atoms with Crippen LogP contribution in [-0.4, -0.2) is 15.9 Å². The van der Waals surface area contributed by atoms with E-state index in [9.17, 15) is 4.79 Å². The minimum atomic E-state index is -0.285. The van der Waals surface area contributed by atoms with E-state index in [0.29, 0.717) is 26.1 Å². The number of nitrogens with zero attached hydrogens (tertiary/aromatic N) is 2. The third-order valence-electron chi connectivity index (χ3n) is 3.81. The minimum absolute atomic E-state index is 0.285. The molecule has 0 bridgehead atoms. The molecule has 1 amide bonds. The highest BCUT2D eigenvalue weighted by Gasteiger charge is 2.18. The van der Waals surface area contributed by atoms with Gasteiger partial charge in [-0.2, -0.15) is 0 Å². The number of anilines is 2. The molecule has 0 saturated heterocycles. The van der Waals surface area contributed by atoms with Crippen LogP contribution < -0.4 is 11.1 Å². The van der Waals surface area contributed by atoms with Gasteiger partial charge in [0.2, 0.25) is 0 Å². The average molecular weight is 381 g/mol. The highest BCUT2D eigenvalue weighted by Crippen LogP contribution is 2.34. The van der Waals surface area contributed by atoms with Gasteiger partial charge in [-0.05, 0) is 42.5 Å². The number of rotatable bonds is 3. The third kappa shape index (κ3) is 3.12. The van der Waals surface area contributed by atoms with Crippen LogP contribution in [0, 0.1) is 0 Å². The number of aromatic nitrogens is 2. The molecule has 0 aliphatic rings. The molecular weight excluding hydrogens is 368 g/mol. The third-order valence-corrected chi connectivity index (χ3v) is 5.16. The van der Waals surface area contributed by atoms with Crippen molar-refractivity contribution >= 4 is 50.4 Å². The predicted molar refractivity (Wildman–Crippen MR) is 107 cm³/mol. The second-order valence-corrected chi connectivity index (χ2v) is 7.01. The fraction of sp³-hybridized carbons (Fsp3) is 0. The number of amides is 1. The summed E-state index contributed by atoms with van der Waals surface area (Å²) >= 11 is 7.21. The van der Waals surface area contributed by atoms with Crippen molar-refractivity contribution in [2.24, 2.45) is 0 Å². The van der Waals surface area contributed by atoms with E-state index < -0.39 is 0 Å². The van der Waals surface area contributed by atoms with Gasteiger partial charge in [-0.1, -0.05) is 23.7 Å². The summed E-state index contributed by atoms with van der Waals surface area (Å²) in [5, 5.41) is 4.12. The lowest BCUT2D eigenvalue weighted by atomic mass is 10.2. The van der Waals surface area contributed by atoms with Crippen LogP contribution in [-0.2, 0) is 0 Å². The lowest BCUT2D eigenvalue weighted by molar-refractivity contribution is 0.103. The molecular formula is C19H13ClN4OS. The molecule has 3 N–H and O–H groups in total. The molecule has 0 saturated carbocycles. The zero-order valence-corrected chi connectivity index (χ0v) is 15.0. The van der Waals surface area contributed by atoms with Gasteiger partial charge < -0.3 is 11.1 Å². The maximum atomic E-state index is 12.6. The molecule has 5 nitrogen and oxygen atoms in total. The van der Waals surface area contributed by atoms with Crippen molar-refractivity contribution < 1.29 is 4.79 Å². The van der Waals surface area contributed by atoms with Crippen molar-refractivity contribution in [1.82, 2.24) is 9.97 Å². The topological polar surface area (TPSA) is 80.9 Å². The van der Waals surface area contributed by atoms with Crippen molar-refractivity contribution in [3.05, 3.63) is 70.7 Å². The smallest absolute Gasteiger partial charge is 0.267 e. The van der Waals surface area contributed by atoms with Crippen LogP contribution >= 0.6 is 22.9 Å². The maximum Gasteiger partial charge on any atom is 0.267 e. The number of hydrogen-bond donors (Lipinski definition) is 2. The van der Waals surface area contributed by atoms with Gasteiger partial charge in [-0.25, -0.2) is 4.98 Å². The van der Waals surface area contributed by atoms with Gasteiger partial charge in [0.05, 0.1) is 17.1 Å². The SMILES string of the molecule is Nc1c(C(=O)Nc2cccc(Cl)c2)sc2nc(-c3ccccn3)ccc12. The molecule has 0 radical (unpaired) electrons. The van der Waals surface area contributed by atoms with Gasteiger partial charge in [0.1, 0.15) is 9.71 Å². The van der Waals surface area contributed by atoms with Gasteiger partial charge in [0.15, 0.2) is 0 Å². The number of carbonyl (C=O) groups excluding carboxylic acids is 1. The summed E-state index contributed by atoms with van der Waals surface area (Å²) in [5.41, 5.74) is 8.72.